The highest BCUT2D eigenvalue weighted by atomic mass is 19.3. The van der Waals surface area contributed by atoms with E-state index in [1.54, 1.807) is 46.3 Å². The summed E-state index contributed by atoms with van der Waals surface area (Å²) in [6.07, 6.45) is -0.472. The molecule has 0 unspecified atom stereocenters. The van der Waals surface area contributed by atoms with Crippen LogP contribution in [0.2, 0.25) is 0 Å². The number of rotatable bonds is 5. The Morgan fingerprint density at radius 1 is 1.19 bits per heavy atom. The van der Waals surface area contributed by atoms with Crippen LogP contribution in [0.3, 0.4) is 0 Å². The molecule has 0 atom stereocenters. The fourth-order valence-corrected chi connectivity index (χ4v) is 4.04. The van der Waals surface area contributed by atoms with Crippen LogP contribution < -0.4 is 15.0 Å². The van der Waals surface area contributed by atoms with E-state index < -0.39 is 12.5 Å². The lowest BCUT2D eigenvalue weighted by Gasteiger charge is -2.29. The van der Waals surface area contributed by atoms with Crippen LogP contribution in [0.15, 0.2) is 47.7 Å². The van der Waals surface area contributed by atoms with Gasteiger partial charge in [0.05, 0.1) is 25.0 Å². The van der Waals surface area contributed by atoms with Crippen LogP contribution in [0.25, 0.3) is 5.69 Å². The number of halogens is 2. The molecule has 3 aromatic rings. The molecule has 0 spiro atoms. The van der Waals surface area contributed by atoms with Crippen molar-refractivity contribution in [2.24, 2.45) is 0 Å². The number of imidazole rings is 1. The largest absolute Gasteiger partial charge is 0.491 e. The molecule has 32 heavy (non-hydrogen) atoms. The van der Waals surface area contributed by atoms with E-state index in [2.05, 4.69) is 9.72 Å². The van der Waals surface area contributed by atoms with E-state index in [1.807, 2.05) is 6.92 Å². The first-order valence-corrected chi connectivity index (χ1v) is 10.2. The van der Waals surface area contributed by atoms with Gasteiger partial charge in [0.2, 0.25) is 0 Å². The number of carbonyl (C=O) groups is 1. The van der Waals surface area contributed by atoms with Gasteiger partial charge in [-0.1, -0.05) is 6.07 Å². The number of amides is 1. The summed E-state index contributed by atoms with van der Waals surface area (Å²) < 4.78 is 40.5. The van der Waals surface area contributed by atoms with Gasteiger partial charge in [-0.3, -0.25) is 9.59 Å². The molecule has 4 heterocycles. The lowest BCUT2D eigenvalue weighted by Crippen LogP contribution is -2.46. The summed E-state index contributed by atoms with van der Waals surface area (Å²) in [6.45, 7) is 2.91. The van der Waals surface area contributed by atoms with E-state index in [4.69, 9.17) is 4.74 Å². The van der Waals surface area contributed by atoms with E-state index in [9.17, 15) is 18.4 Å². The van der Waals surface area contributed by atoms with Gasteiger partial charge in [-0.15, -0.1) is 0 Å². The van der Waals surface area contributed by atoms with Gasteiger partial charge in [0, 0.05) is 24.8 Å². The van der Waals surface area contributed by atoms with Gasteiger partial charge in [0.15, 0.2) is 0 Å². The molecule has 0 bridgehead atoms. The molecule has 1 aromatic carbocycles. The lowest BCUT2D eigenvalue weighted by atomic mass is 10.1. The predicted molar refractivity (Wildman–Crippen MR) is 110 cm³/mol. The van der Waals surface area contributed by atoms with E-state index in [1.165, 1.54) is 10.6 Å². The number of aromatic nitrogens is 3. The van der Waals surface area contributed by atoms with E-state index in [0.29, 0.717) is 35.8 Å². The highest BCUT2D eigenvalue weighted by Gasteiger charge is 2.41. The zero-order valence-corrected chi connectivity index (χ0v) is 17.3. The highest BCUT2D eigenvalue weighted by Crippen LogP contribution is 2.41. The minimum atomic E-state index is -3.24. The van der Waals surface area contributed by atoms with Gasteiger partial charge >= 0.3 is 6.11 Å². The molecule has 5 rings (SSSR count). The predicted octanol–water partition coefficient (Wildman–Crippen LogP) is 2.40. The van der Waals surface area contributed by atoms with Crippen LogP contribution in [0.4, 0.5) is 8.78 Å². The van der Waals surface area contributed by atoms with Crippen molar-refractivity contribution in [3.63, 3.8) is 0 Å². The third kappa shape index (κ3) is 3.51. The SMILES string of the molecule is Cc1cn(-c2ccc3n(c2=O)CCN(CCOc2cccc4c2CC(F)(F)O4)C3=O)cn1. The molecule has 0 fully saturated rings. The van der Waals surface area contributed by atoms with Gasteiger partial charge in [-0.2, -0.15) is 8.78 Å². The molecule has 0 saturated carbocycles. The van der Waals surface area contributed by atoms with Crippen LogP contribution in [-0.4, -0.2) is 50.7 Å². The molecule has 0 N–H and O–H groups in total. The molecule has 0 radical (unpaired) electrons. The Bertz CT molecular complexity index is 1270. The Balaban J connectivity index is 1.28. The number of nitrogens with zero attached hydrogens (tertiary/aromatic N) is 4. The maximum absolute atomic E-state index is 13.5. The quantitative estimate of drug-likeness (QED) is 0.607. The Hall–Kier alpha value is -3.69. The molecule has 2 aliphatic heterocycles. The van der Waals surface area contributed by atoms with Gasteiger partial charge in [-0.25, -0.2) is 4.98 Å². The monoisotopic (exact) mass is 442 g/mol. The van der Waals surface area contributed by atoms with Crippen molar-refractivity contribution in [2.75, 3.05) is 19.7 Å². The standard InChI is InChI=1S/C22H20F2N4O4/c1-14-12-27(13-25-14)16-5-6-17-20(29)26(7-8-28(17)21(16)30)9-10-31-18-3-2-4-19-15(18)11-22(23,24)32-19/h2-6,12-13H,7-11H2,1H3. The van der Waals surface area contributed by atoms with Crippen molar-refractivity contribution >= 4 is 5.91 Å². The molecule has 2 aliphatic rings. The maximum Gasteiger partial charge on any atom is 0.402 e. The zero-order chi connectivity index (χ0) is 22.5. The number of hydrogen-bond donors (Lipinski definition) is 0. The zero-order valence-electron chi connectivity index (χ0n) is 17.3. The van der Waals surface area contributed by atoms with Gasteiger partial charge in [0.25, 0.3) is 11.5 Å². The minimum absolute atomic E-state index is 0.110. The molecule has 0 saturated heterocycles. The average Bonchev–Trinajstić information content (AvgIpc) is 3.32. The van der Waals surface area contributed by atoms with Crippen molar-refractivity contribution in [3.8, 4) is 17.2 Å². The van der Waals surface area contributed by atoms with Crippen LogP contribution in [0.1, 0.15) is 21.7 Å². The van der Waals surface area contributed by atoms with E-state index in [0.717, 1.165) is 5.69 Å². The molecule has 166 valence electrons. The fraction of sp³-hybridized carbons (Fsp3) is 0.318. The number of fused-ring (bicyclic) bond motifs is 2. The first-order chi connectivity index (χ1) is 15.3. The molecule has 0 aliphatic carbocycles. The molecule has 1 amide bonds. The number of hydrogen-bond acceptors (Lipinski definition) is 5. The summed E-state index contributed by atoms with van der Waals surface area (Å²) in [6, 6.07) is 7.91. The van der Waals surface area contributed by atoms with Gasteiger partial charge in [-0.05, 0) is 31.2 Å². The third-order valence-electron chi connectivity index (χ3n) is 5.59. The Kier molecular flexibility index (Phi) is 4.72. The first-order valence-electron chi connectivity index (χ1n) is 10.2. The van der Waals surface area contributed by atoms with Crippen molar-refractivity contribution < 1.29 is 23.0 Å². The van der Waals surface area contributed by atoms with Crippen molar-refractivity contribution in [2.45, 2.75) is 26.0 Å². The summed E-state index contributed by atoms with van der Waals surface area (Å²) in [5.41, 5.74) is 1.58. The van der Waals surface area contributed by atoms with Gasteiger partial charge in [0.1, 0.15) is 29.5 Å². The summed E-state index contributed by atoms with van der Waals surface area (Å²) in [7, 11) is 0. The number of benzene rings is 1. The van der Waals surface area contributed by atoms with Crippen molar-refractivity contribution in [1.29, 1.82) is 0 Å². The van der Waals surface area contributed by atoms with E-state index in [-0.39, 0.29) is 30.4 Å². The maximum atomic E-state index is 13.5. The first kappa shape index (κ1) is 20.2. The Morgan fingerprint density at radius 2 is 2.03 bits per heavy atom. The third-order valence-corrected chi connectivity index (χ3v) is 5.59. The summed E-state index contributed by atoms with van der Waals surface area (Å²) in [4.78, 5) is 31.5. The lowest BCUT2D eigenvalue weighted by molar-refractivity contribution is -0.159. The van der Waals surface area contributed by atoms with Crippen LogP contribution in [0, 0.1) is 6.92 Å². The smallest absolute Gasteiger partial charge is 0.402 e. The molecule has 10 heteroatoms. The second-order valence-corrected chi connectivity index (χ2v) is 7.77. The summed E-state index contributed by atoms with van der Waals surface area (Å²) >= 11 is 0. The number of pyridine rings is 1. The minimum Gasteiger partial charge on any atom is -0.491 e. The van der Waals surface area contributed by atoms with Gasteiger partial charge < -0.3 is 23.5 Å². The van der Waals surface area contributed by atoms with Crippen molar-refractivity contribution in [3.05, 3.63) is 70.2 Å². The second kappa shape index (κ2) is 7.47. The normalized spacial score (nSPS) is 16.5. The van der Waals surface area contributed by atoms with Crippen LogP contribution >= 0.6 is 0 Å². The second-order valence-electron chi connectivity index (χ2n) is 7.77. The van der Waals surface area contributed by atoms with Crippen molar-refractivity contribution in [1.82, 2.24) is 19.0 Å². The fourth-order valence-electron chi connectivity index (χ4n) is 4.04. The Morgan fingerprint density at radius 3 is 2.81 bits per heavy atom. The topological polar surface area (TPSA) is 78.6 Å². The molecule has 8 nitrogen and oxygen atoms in total. The molecular formula is C22H20F2N4O4. The molecule has 2 aromatic heterocycles. The molecular weight excluding hydrogens is 422 g/mol. The summed E-state index contributed by atoms with van der Waals surface area (Å²) in [5.74, 6) is 0.151. The number of alkyl halides is 2. The van der Waals surface area contributed by atoms with Crippen LogP contribution in [0.5, 0.6) is 11.5 Å². The number of carbonyl (C=O) groups excluding carboxylic acids is 1. The highest BCUT2D eigenvalue weighted by molar-refractivity contribution is 5.93. The Labute approximate surface area is 181 Å². The number of aryl methyl sites for hydroxylation is 1. The average molecular weight is 442 g/mol. The number of ether oxygens (including phenoxy) is 2. The van der Waals surface area contributed by atoms with E-state index >= 15 is 0 Å². The van der Waals surface area contributed by atoms with Crippen LogP contribution in [-0.2, 0) is 13.0 Å². The summed E-state index contributed by atoms with van der Waals surface area (Å²) in [5, 5.41) is 0.